The summed E-state index contributed by atoms with van der Waals surface area (Å²) in [6, 6.07) is 10.2. The second kappa shape index (κ2) is 7.15. The normalized spacial score (nSPS) is 18.8. The molecule has 1 N–H and O–H groups in total. The van der Waals surface area contributed by atoms with Gasteiger partial charge >= 0.3 is 6.03 Å². The summed E-state index contributed by atoms with van der Waals surface area (Å²) in [5.41, 5.74) is 0.235. The number of urea groups is 1. The smallest absolute Gasteiger partial charge is 0.321 e. The molecule has 1 aromatic heterocycles. The van der Waals surface area contributed by atoms with Gasteiger partial charge in [-0.25, -0.2) is 9.18 Å². The summed E-state index contributed by atoms with van der Waals surface area (Å²) < 4.78 is 13.6. The van der Waals surface area contributed by atoms with E-state index in [4.69, 9.17) is 0 Å². The molecular weight excluding hydrogens is 319 g/mol. The van der Waals surface area contributed by atoms with Crippen LogP contribution in [0.15, 0.2) is 41.8 Å². The fourth-order valence-corrected chi connectivity index (χ4v) is 4.67. The number of nitrogens with zero attached hydrogens (tertiary/aromatic N) is 1. The quantitative estimate of drug-likeness (QED) is 0.869. The Morgan fingerprint density at radius 3 is 2.86 bits per heavy atom. The molecule has 1 aliphatic rings. The van der Waals surface area contributed by atoms with Crippen molar-refractivity contribution in [2.75, 3.05) is 24.2 Å². The molecule has 0 radical (unpaired) electrons. The van der Waals surface area contributed by atoms with E-state index in [0.29, 0.717) is 18.3 Å². The van der Waals surface area contributed by atoms with Gasteiger partial charge in [0.25, 0.3) is 0 Å². The average Bonchev–Trinajstić information content (AvgIpc) is 2.94. The Kier molecular flexibility index (Phi) is 5.00. The van der Waals surface area contributed by atoms with Crippen molar-refractivity contribution in [1.29, 1.82) is 0 Å². The van der Waals surface area contributed by atoms with Gasteiger partial charge in [0.1, 0.15) is 5.82 Å². The van der Waals surface area contributed by atoms with Gasteiger partial charge in [0.15, 0.2) is 0 Å². The van der Waals surface area contributed by atoms with Crippen LogP contribution >= 0.6 is 23.1 Å². The predicted molar refractivity (Wildman–Crippen MR) is 91.1 cm³/mol. The highest BCUT2D eigenvalue weighted by Gasteiger charge is 2.23. The SMILES string of the molecule is O=C(Nc1ccccc1F)N1CCSC(c2cccs2)CC1. The number of halogens is 1. The predicted octanol–water partition coefficient (Wildman–Crippen LogP) is 4.60. The summed E-state index contributed by atoms with van der Waals surface area (Å²) in [7, 11) is 0. The fraction of sp³-hybridized carbons (Fsp3) is 0.312. The van der Waals surface area contributed by atoms with Crippen LogP contribution in [0.25, 0.3) is 0 Å². The minimum absolute atomic E-state index is 0.225. The van der Waals surface area contributed by atoms with Crippen molar-refractivity contribution < 1.29 is 9.18 Å². The third-order valence-corrected chi connectivity index (χ3v) is 6.05. The Balaban J connectivity index is 1.61. The van der Waals surface area contributed by atoms with E-state index in [9.17, 15) is 9.18 Å². The molecule has 0 spiro atoms. The van der Waals surface area contributed by atoms with Gasteiger partial charge in [0.2, 0.25) is 0 Å². The molecule has 2 aromatic rings. The van der Waals surface area contributed by atoms with E-state index in [1.165, 1.54) is 10.9 Å². The van der Waals surface area contributed by atoms with Gasteiger partial charge in [-0.05, 0) is 30.0 Å². The van der Waals surface area contributed by atoms with Crippen LogP contribution in [0.2, 0.25) is 0 Å². The van der Waals surface area contributed by atoms with Crippen molar-refractivity contribution in [2.45, 2.75) is 11.7 Å². The zero-order chi connectivity index (χ0) is 15.4. The highest BCUT2D eigenvalue weighted by atomic mass is 32.2. The summed E-state index contributed by atoms with van der Waals surface area (Å²) >= 11 is 3.65. The van der Waals surface area contributed by atoms with Crippen molar-refractivity contribution in [3.8, 4) is 0 Å². The molecule has 3 nitrogen and oxygen atoms in total. The van der Waals surface area contributed by atoms with Crippen LogP contribution in [0.1, 0.15) is 16.5 Å². The lowest BCUT2D eigenvalue weighted by molar-refractivity contribution is 0.215. The van der Waals surface area contributed by atoms with Crippen molar-refractivity contribution in [1.82, 2.24) is 4.90 Å². The monoisotopic (exact) mass is 336 g/mol. The first-order valence-corrected chi connectivity index (χ1v) is 9.12. The highest BCUT2D eigenvalue weighted by Crippen LogP contribution is 2.36. The van der Waals surface area contributed by atoms with Gasteiger partial charge < -0.3 is 10.2 Å². The van der Waals surface area contributed by atoms with Crippen molar-refractivity contribution in [2.24, 2.45) is 0 Å². The van der Waals surface area contributed by atoms with Crippen LogP contribution in [-0.4, -0.2) is 29.8 Å². The maximum Gasteiger partial charge on any atom is 0.321 e. The molecule has 1 atom stereocenters. The molecule has 2 heterocycles. The second-order valence-corrected chi connectivity index (χ2v) is 7.35. The number of carbonyl (C=O) groups is 1. The van der Waals surface area contributed by atoms with Gasteiger partial charge in [-0.2, -0.15) is 11.8 Å². The zero-order valence-corrected chi connectivity index (χ0v) is 13.6. The number of carbonyl (C=O) groups excluding carboxylic acids is 1. The Morgan fingerprint density at radius 2 is 2.09 bits per heavy atom. The van der Waals surface area contributed by atoms with Gasteiger partial charge in [-0.1, -0.05) is 18.2 Å². The summed E-state index contributed by atoms with van der Waals surface area (Å²) in [6.45, 7) is 1.38. The lowest BCUT2D eigenvalue weighted by atomic mass is 10.2. The lowest BCUT2D eigenvalue weighted by Crippen LogP contribution is -2.36. The molecule has 2 amide bonds. The van der Waals surface area contributed by atoms with Crippen molar-refractivity contribution in [3.63, 3.8) is 0 Å². The average molecular weight is 336 g/mol. The number of hydrogen-bond acceptors (Lipinski definition) is 3. The van der Waals surface area contributed by atoms with E-state index in [2.05, 4.69) is 22.8 Å². The van der Waals surface area contributed by atoms with Crippen LogP contribution in [0, 0.1) is 5.82 Å². The molecule has 6 heteroatoms. The van der Waals surface area contributed by atoms with E-state index in [1.54, 1.807) is 34.4 Å². The van der Waals surface area contributed by atoms with Crippen LogP contribution in [0.3, 0.4) is 0 Å². The van der Waals surface area contributed by atoms with Gasteiger partial charge in [0.05, 0.1) is 5.69 Å². The standard InChI is InChI=1S/C16H17FN2OS2/c17-12-4-1-2-5-13(12)18-16(20)19-8-7-15(22-11-9-19)14-6-3-10-21-14/h1-6,10,15H,7-9,11H2,(H,18,20). The Bertz CT molecular complexity index is 633. The molecule has 0 aliphatic carbocycles. The number of hydrogen-bond donors (Lipinski definition) is 1. The summed E-state index contributed by atoms with van der Waals surface area (Å²) in [4.78, 5) is 15.4. The van der Waals surface area contributed by atoms with Crippen LogP contribution in [-0.2, 0) is 0 Å². The Labute approximate surface area is 137 Å². The Hall–Kier alpha value is -1.53. The molecule has 1 fully saturated rings. The van der Waals surface area contributed by atoms with Crippen LogP contribution in [0.5, 0.6) is 0 Å². The van der Waals surface area contributed by atoms with E-state index < -0.39 is 5.82 Å². The molecule has 1 aromatic carbocycles. The third kappa shape index (κ3) is 3.62. The van der Waals surface area contributed by atoms with E-state index in [-0.39, 0.29) is 11.7 Å². The number of rotatable bonds is 2. The molecule has 0 bridgehead atoms. The molecule has 1 unspecified atom stereocenters. The summed E-state index contributed by atoms with van der Waals surface area (Å²) in [5.74, 6) is 0.490. The first-order chi connectivity index (χ1) is 10.7. The van der Waals surface area contributed by atoms with E-state index in [1.807, 2.05) is 11.8 Å². The van der Waals surface area contributed by atoms with Crippen molar-refractivity contribution >= 4 is 34.8 Å². The van der Waals surface area contributed by atoms with Crippen LogP contribution < -0.4 is 5.32 Å². The van der Waals surface area contributed by atoms with Crippen LogP contribution in [0.4, 0.5) is 14.9 Å². The molecule has 3 rings (SSSR count). The van der Waals surface area contributed by atoms with Gasteiger partial charge in [-0.3, -0.25) is 0 Å². The zero-order valence-electron chi connectivity index (χ0n) is 12.0. The molecule has 22 heavy (non-hydrogen) atoms. The minimum atomic E-state index is -0.406. The molecule has 116 valence electrons. The topological polar surface area (TPSA) is 32.3 Å². The van der Waals surface area contributed by atoms with Gasteiger partial charge in [-0.15, -0.1) is 11.3 Å². The molecular formula is C16H17FN2OS2. The van der Waals surface area contributed by atoms with E-state index >= 15 is 0 Å². The first-order valence-electron chi connectivity index (χ1n) is 7.19. The largest absolute Gasteiger partial charge is 0.324 e. The minimum Gasteiger partial charge on any atom is -0.324 e. The summed E-state index contributed by atoms with van der Waals surface area (Å²) in [6.07, 6.45) is 0.926. The van der Waals surface area contributed by atoms with E-state index in [0.717, 1.165) is 12.2 Å². The second-order valence-electron chi connectivity index (χ2n) is 5.06. The number of thioether (sulfide) groups is 1. The van der Waals surface area contributed by atoms with Gasteiger partial charge in [0, 0.05) is 29.0 Å². The molecule has 1 saturated heterocycles. The summed E-state index contributed by atoms with van der Waals surface area (Å²) in [5, 5.41) is 5.20. The third-order valence-electron chi connectivity index (χ3n) is 3.60. The fourth-order valence-electron chi connectivity index (χ4n) is 2.43. The van der Waals surface area contributed by atoms with Crippen molar-refractivity contribution in [3.05, 3.63) is 52.5 Å². The number of thiophene rings is 1. The maximum absolute atomic E-state index is 13.6. The maximum atomic E-state index is 13.6. The highest BCUT2D eigenvalue weighted by molar-refractivity contribution is 7.99. The first kappa shape index (κ1) is 15.4. The number of amides is 2. The number of anilines is 1. The Morgan fingerprint density at radius 1 is 1.23 bits per heavy atom. The number of para-hydroxylation sites is 1. The lowest BCUT2D eigenvalue weighted by Gasteiger charge is -2.21. The number of benzene rings is 1. The molecule has 0 saturated carbocycles. The molecule has 1 aliphatic heterocycles. The number of nitrogens with one attached hydrogen (secondary N) is 1.